The topological polar surface area (TPSA) is 50.8 Å². The molecule has 1 aromatic rings. The van der Waals surface area contributed by atoms with Gasteiger partial charge in [-0.1, -0.05) is 12.1 Å². The summed E-state index contributed by atoms with van der Waals surface area (Å²) in [6, 6.07) is 6.41. The van der Waals surface area contributed by atoms with Crippen LogP contribution in [0.5, 0.6) is 0 Å². The summed E-state index contributed by atoms with van der Waals surface area (Å²) in [5, 5.41) is 3.30. The molecule has 1 aromatic carbocycles. The van der Waals surface area contributed by atoms with Gasteiger partial charge in [-0.15, -0.1) is 0 Å². The van der Waals surface area contributed by atoms with Crippen molar-refractivity contribution < 1.29 is 18.7 Å². The van der Waals surface area contributed by atoms with Gasteiger partial charge in [0, 0.05) is 13.7 Å². The summed E-state index contributed by atoms with van der Waals surface area (Å²) in [7, 11) is 1.64. The van der Waals surface area contributed by atoms with E-state index in [-0.39, 0.29) is 17.8 Å². The van der Waals surface area contributed by atoms with E-state index in [9.17, 15) is 9.18 Å². The number of rotatable bonds is 4. The van der Waals surface area contributed by atoms with Crippen LogP contribution >= 0.6 is 0 Å². The maximum Gasteiger partial charge on any atom is 0.231 e. The molecule has 1 atom stereocenters. The first-order chi connectivity index (χ1) is 11.6. The van der Waals surface area contributed by atoms with Gasteiger partial charge in [-0.3, -0.25) is 4.79 Å². The Morgan fingerprint density at radius 1 is 1.46 bits per heavy atom. The number of methoxy groups -OCH3 is 1. The zero-order chi connectivity index (χ0) is 17.0. The van der Waals surface area contributed by atoms with Crippen LogP contribution in [-0.2, 0) is 14.3 Å². The molecule has 132 valence electrons. The second-order valence-corrected chi connectivity index (χ2v) is 6.63. The van der Waals surface area contributed by atoms with Crippen molar-refractivity contribution in [1.82, 2.24) is 10.2 Å². The molecule has 0 saturated carbocycles. The molecule has 0 bridgehead atoms. The van der Waals surface area contributed by atoms with Crippen molar-refractivity contribution in [2.75, 3.05) is 46.5 Å². The molecule has 0 radical (unpaired) electrons. The highest BCUT2D eigenvalue weighted by Gasteiger charge is 2.43. The van der Waals surface area contributed by atoms with Gasteiger partial charge >= 0.3 is 0 Å². The average molecular weight is 336 g/mol. The molecule has 1 amide bonds. The quantitative estimate of drug-likeness (QED) is 0.910. The molecule has 0 spiro atoms. The minimum atomic E-state index is -0.455. The number of hydrogen-bond donors (Lipinski definition) is 1. The van der Waals surface area contributed by atoms with Crippen LogP contribution < -0.4 is 5.32 Å². The van der Waals surface area contributed by atoms with Gasteiger partial charge in [0.15, 0.2) is 0 Å². The zero-order valence-electron chi connectivity index (χ0n) is 14.1. The van der Waals surface area contributed by atoms with E-state index in [2.05, 4.69) is 5.32 Å². The molecule has 2 fully saturated rings. The van der Waals surface area contributed by atoms with Crippen molar-refractivity contribution in [2.24, 2.45) is 5.41 Å². The molecule has 2 heterocycles. The van der Waals surface area contributed by atoms with Crippen molar-refractivity contribution in [2.45, 2.75) is 18.9 Å². The minimum absolute atomic E-state index is 0.135. The van der Waals surface area contributed by atoms with Gasteiger partial charge in [0.05, 0.1) is 25.2 Å². The molecule has 2 saturated heterocycles. The van der Waals surface area contributed by atoms with Crippen molar-refractivity contribution >= 4 is 5.91 Å². The monoisotopic (exact) mass is 336 g/mol. The lowest BCUT2D eigenvalue weighted by Gasteiger charge is -2.42. The Hall–Kier alpha value is -1.50. The van der Waals surface area contributed by atoms with E-state index in [0.29, 0.717) is 26.3 Å². The van der Waals surface area contributed by atoms with E-state index in [4.69, 9.17) is 9.47 Å². The molecule has 6 heteroatoms. The minimum Gasteiger partial charge on any atom is -0.384 e. The number of benzene rings is 1. The van der Waals surface area contributed by atoms with Gasteiger partial charge in [0.25, 0.3) is 0 Å². The smallest absolute Gasteiger partial charge is 0.231 e. The van der Waals surface area contributed by atoms with E-state index in [0.717, 1.165) is 31.5 Å². The summed E-state index contributed by atoms with van der Waals surface area (Å²) in [6.45, 7) is 3.59. The van der Waals surface area contributed by atoms with Gasteiger partial charge in [0.1, 0.15) is 11.9 Å². The summed E-state index contributed by atoms with van der Waals surface area (Å²) in [5.41, 5.74) is 0.322. The van der Waals surface area contributed by atoms with E-state index in [1.54, 1.807) is 13.2 Å². The van der Waals surface area contributed by atoms with Gasteiger partial charge in [-0.2, -0.15) is 0 Å². The molecule has 3 rings (SSSR count). The molecule has 2 aliphatic heterocycles. The van der Waals surface area contributed by atoms with Gasteiger partial charge in [-0.25, -0.2) is 4.39 Å². The maximum absolute atomic E-state index is 13.5. The van der Waals surface area contributed by atoms with Crippen molar-refractivity contribution in [3.05, 3.63) is 35.6 Å². The molecule has 1 N–H and O–H groups in total. The number of carbonyl (C=O) groups excluding carboxylic acids is 1. The lowest BCUT2D eigenvalue weighted by molar-refractivity contribution is -0.155. The zero-order valence-corrected chi connectivity index (χ0v) is 14.1. The largest absolute Gasteiger partial charge is 0.384 e. The standard InChI is InChI=1S/C18H25FN2O3/c1-23-13-18(5-7-20-8-6-18)17(22)21-9-10-24-16(12-21)14-3-2-4-15(19)11-14/h2-4,11,16,20H,5-10,12-13H2,1H3. The Bertz CT molecular complexity index is 570. The van der Waals surface area contributed by atoms with Crippen LogP contribution in [0.3, 0.4) is 0 Å². The Morgan fingerprint density at radius 3 is 2.96 bits per heavy atom. The molecule has 0 aromatic heterocycles. The van der Waals surface area contributed by atoms with Gasteiger partial charge in [0.2, 0.25) is 5.91 Å². The Balaban J connectivity index is 1.74. The molecule has 1 unspecified atom stereocenters. The van der Waals surface area contributed by atoms with Crippen LogP contribution in [0.15, 0.2) is 24.3 Å². The second kappa shape index (κ2) is 7.59. The fourth-order valence-electron chi connectivity index (χ4n) is 3.68. The third-order valence-electron chi connectivity index (χ3n) is 5.01. The summed E-state index contributed by atoms with van der Waals surface area (Å²) >= 11 is 0. The van der Waals surface area contributed by atoms with E-state index < -0.39 is 5.41 Å². The molecule has 2 aliphatic rings. The van der Waals surface area contributed by atoms with Crippen molar-refractivity contribution in [3.63, 3.8) is 0 Å². The number of nitrogens with one attached hydrogen (secondary N) is 1. The van der Waals surface area contributed by atoms with Crippen LogP contribution in [0.4, 0.5) is 4.39 Å². The Kier molecular flexibility index (Phi) is 5.48. The van der Waals surface area contributed by atoms with Crippen molar-refractivity contribution in [3.8, 4) is 0 Å². The number of carbonyl (C=O) groups is 1. The number of halogens is 1. The lowest BCUT2D eigenvalue weighted by Crippen LogP contribution is -2.54. The maximum atomic E-state index is 13.5. The van der Waals surface area contributed by atoms with Gasteiger partial charge in [-0.05, 0) is 43.6 Å². The normalized spacial score (nSPS) is 23.9. The Morgan fingerprint density at radius 2 is 2.25 bits per heavy atom. The number of piperidine rings is 1. The summed E-state index contributed by atoms with van der Waals surface area (Å²) in [5.74, 6) is -0.149. The highest BCUT2D eigenvalue weighted by atomic mass is 19.1. The van der Waals surface area contributed by atoms with Crippen LogP contribution in [0.25, 0.3) is 0 Å². The summed E-state index contributed by atoms with van der Waals surface area (Å²) < 4.78 is 24.6. The van der Waals surface area contributed by atoms with Crippen LogP contribution in [0, 0.1) is 11.2 Å². The first kappa shape index (κ1) is 17.3. The highest BCUT2D eigenvalue weighted by molar-refractivity contribution is 5.83. The predicted molar refractivity (Wildman–Crippen MR) is 88.1 cm³/mol. The second-order valence-electron chi connectivity index (χ2n) is 6.63. The molecule has 0 aliphatic carbocycles. The fraction of sp³-hybridized carbons (Fsp3) is 0.611. The number of amides is 1. The first-order valence-electron chi connectivity index (χ1n) is 8.51. The summed E-state index contributed by atoms with van der Waals surface area (Å²) in [6.07, 6.45) is 1.28. The number of hydrogen-bond acceptors (Lipinski definition) is 4. The van der Waals surface area contributed by atoms with E-state index in [1.807, 2.05) is 11.0 Å². The molecular weight excluding hydrogens is 311 g/mol. The van der Waals surface area contributed by atoms with Crippen LogP contribution in [0.2, 0.25) is 0 Å². The van der Waals surface area contributed by atoms with E-state index in [1.165, 1.54) is 12.1 Å². The van der Waals surface area contributed by atoms with Crippen LogP contribution in [0.1, 0.15) is 24.5 Å². The highest BCUT2D eigenvalue weighted by Crippen LogP contribution is 2.33. The van der Waals surface area contributed by atoms with Crippen molar-refractivity contribution in [1.29, 1.82) is 0 Å². The van der Waals surface area contributed by atoms with Crippen LogP contribution in [-0.4, -0.2) is 57.3 Å². The van der Waals surface area contributed by atoms with E-state index >= 15 is 0 Å². The molecular formula is C18H25FN2O3. The number of ether oxygens (including phenoxy) is 2. The van der Waals surface area contributed by atoms with Gasteiger partial charge < -0.3 is 19.7 Å². The third-order valence-corrected chi connectivity index (χ3v) is 5.01. The summed E-state index contributed by atoms with van der Waals surface area (Å²) in [4.78, 5) is 15.1. The lowest BCUT2D eigenvalue weighted by atomic mass is 9.78. The average Bonchev–Trinajstić information content (AvgIpc) is 2.62. The molecule has 24 heavy (non-hydrogen) atoms. The third kappa shape index (κ3) is 3.61. The SMILES string of the molecule is COCC1(C(=O)N2CCOC(c3cccc(F)c3)C2)CCNCC1. The molecule has 5 nitrogen and oxygen atoms in total. The fourth-order valence-corrected chi connectivity index (χ4v) is 3.68. The number of nitrogens with zero attached hydrogens (tertiary/aromatic N) is 1. The Labute approximate surface area is 142 Å². The first-order valence-corrected chi connectivity index (χ1v) is 8.51. The number of morpholine rings is 1. The predicted octanol–water partition coefficient (Wildman–Crippen LogP) is 1.74.